The van der Waals surface area contributed by atoms with Crippen LogP contribution in [0.15, 0.2) is 69.0 Å². The molecule has 0 amide bonds. The standard InChI is InChI=1S/C28H26BrIN4O5/c1-3-5-9-26-32-24-11-10-20(29)15-22(24)28(35)33(26)31-16-19-13-23(30)27(25(14-19)38-4-2)39-17-18-7-6-8-21(12-18)34(36)37/h6-8,10-16H,3-5,9,17H2,1-2H3. The first-order valence-corrected chi connectivity index (χ1v) is 14.3. The van der Waals surface area contributed by atoms with Crippen molar-refractivity contribution in [3.63, 3.8) is 0 Å². The Labute approximate surface area is 247 Å². The number of ether oxygens (including phenoxy) is 2. The first-order valence-electron chi connectivity index (χ1n) is 12.4. The van der Waals surface area contributed by atoms with Gasteiger partial charge in [0.15, 0.2) is 11.5 Å². The molecule has 0 unspecified atom stereocenters. The first kappa shape index (κ1) is 28.7. The lowest BCUT2D eigenvalue weighted by atomic mass is 10.2. The van der Waals surface area contributed by atoms with E-state index in [0.29, 0.717) is 52.4 Å². The average molecular weight is 705 g/mol. The van der Waals surface area contributed by atoms with Crippen LogP contribution in [0.1, 0.15) is 43.6 Å². The number of fused-ring (bicyclic) bond motifs is 1. The van der Waals surface area contributed by atoms with Gasteiger partial charge in [-0.3, -0.25) is 14.9 Å². The maximum atomic E-state index is 13.4. The van der Waals surface area contributed by atoms with Gasteiger partial charge in [-0.05, 0) is 77.4 Å². The molecule has 0 fully saturated rings. The van der Waals surface area contributed by atoms with Crippen molar-refractivity contribution in [1.29, 1.82) is 0 Å². The Balaban J connectivity index is 1.67. The molecule has 39 heavy (non-hydrogen) atoms. The third kappa shape index (κ3) is 7.01. The van der Waals surface area contributed by atoms with Crippen molar-refractivity contribution in [1.82, 2.24) is 9.66 Å². The number of nitro groups is 1. The molecule has 0 aliphatic rings. The fourth-order valence-electron chi connectivity index (χ4n) is 3.92. The molecule has 0 aliphatic heterocycles. The third-order valence-corrected chi connectivity index (χ3v) is 7.08. The molecule has 11 heteroatoms. The highest BCUT2D eigenvalue weighted by Crippen LogP contribution is 2.34. The van der Waals surface area contributed by atoms with Gasteiger partial charge in [0, 0.05) is 23.0 Å². The molecular formula is C28H26BrIN4O5. The Morgan fingerprint density at radius 2 is 1.97 bits per heavy atom. The van der Waals surface area contributed by atoms with Crippen molar-refractivity contribution in [3.05, 3.63) is 100 Å². The van der Waals surface area contributed by atoms with E-state index < -0.39 is 4.92 Å². The highest BCUT2D eigenvalue weighted by molar-refractivity contribution is 14.1. The molecule has 202 valence electrons. The largest absolute Gasteiger partial charge is 0.490 e. The van der Waals surface area contributed by atoms with Crippen LogP contribution in [-0.2, 0) is 13.0 Å². The third-order valence-electron chi connectivity index (χ3n) is 5.79. The van der Waals surface area contributed by atoms with Gasteiger partial charge in [0.1, 0.15) is 12.4 Å². The fourth-order valence-corrected chi connectivity index (χ4v) is 5.06. The lowest BCUT2D eigenvalue weighted by Crippen LogP contribution is -2.22. The van der Waals surface area contributed by atoms with E-state index in [9.17, 15) is 14.9 Å². The van der Waals surface area contributed by atoms with Gasteiger partial charge < -0.3 is 9.47 Å². The number of hydrogen-bond acceptors (Lipinski definition) is 7. The number of hydrogen-bond donors (Lipinski definition) is 0. The zero-order chi connectivity index (χ0) is 27.9. The van der Waals surface area contributed by atoms with Crippen LogP contribution in [0.2, 0.25) is 0 Å². The number of aryl methyl sites for hydroxylation is 1. The molecule has 0 atom stereocenters. The van der Waals surface area contributed by atoms with E-state index in [1.54, 1.807) is 30.5 Å². The molecule has 0 bridgehead atoms. The minimum absolute atomic E-state index is 0.00600. The SMILES string of the molecule is CCCCc1nc2ccc(Br)cc2c(=O)n1N=Cc1cc(I)c(OCc2cccc([N+](=O)[O-])c2)c(OCC)c1. The molecule has 1 aromatic heterocycles. The molecule has 3 aromatic carbocycles. The molecule has 0 saturated heterocycles. The summed E-state index contributed by atoms with van der Waals surface area (Å²) in [4.78, 5) is 28.7. The van der Waals surface area contributed by atoms with Crippen molar-refractivity contribution in [2.75, 3.05) is 6.61 Å². The quantitative estimate of drug-likeness (QED) is 0.0730. The zero-order valence-corrected chi connectivity index (χ0v) is 25.1. The van der Waals surface area contributed by atoms with Crippen molar-refractivity contribution in [2.45, 2.75) is 39.7 Å². The minimum Gasteiger partial charge on any atom is -0.490 e. The molecule has 0 spiro atoms. The monoisotopic (exact) mass is 704 g/mol. The van der Waals surface area contributed by atoms with Crippen LogP contribution >= 0.6 is 38.5 Å². The van der Waals surface area contributed by atoms with E-state index in [-0.39, 0.29) is 17.9 Å². The number of rotatable bonds is 11. The van der Waals surface area contributed by atoms with Crippen LogP contribution in [-0.4, -0.2) is 27.4 Å². The van der Waals surface area contributed by atoms with Crippen LogP contribution in [0.3, 0.4) is 0 Å². The topological polar surface area (TPSA) is 109 Å². The lowest BCUT2D eigenvalue weighted by Gasteiger charge is -2.15. The highest BCUT2D eigenvalue weighted by Gasteiger charge is 2.15. The second-order valence-electron chi connectivity index (χ2n) is 8.63. The van der Waals surface area contributed by atoms with Gasteiger partial charge in [0.05, 0.1) is 32.2 Å². The predicted octanol–water partition coefficient (Wildman–Crippen LogP) is 6.87. The van der Waals surface area contributed by atoms with Crippen LogP contribution in [0.25, 0.3) is 10.9 Å². The smallest absolute Gasteiger partial charge is 0.282 e. The van der Waals surface area contributed by atoms with Gasteiger partial charge in [-0.2, -0.15) is 9.78 Å². The van der Waals surface area contributed by atoms with Gasteiger partial charge in [-0.15, -0.1) is 0 Å². The maximum absolute atomic E-state index is 13.4. The zero-order valence-electron chi connectivity index (χ0n) is 21.4. The lowest BCUT2D eigenvalue weighted by molar-refractivity contribution is -0.384. The number of non-ortho nitro benzene ring substituents is 1. The van der Waals surface area contributed by atoms with E-state index in [1.807, 2.05) is 25.1 Å². The fraction of sp³-hybridized carbons (Fsp3) is 0.250. The van der Waals surface area contributed by atoms with Crippen molar-refractivity contribution < 1.29 is 14.4 Å². The van der Waals surface area contributed by atoms with Crippen LogP contribution < -0.4 is 15.0 Å². The van der Waals surface area contributed by atoms with E-state index in [0.717, 1.165) is 20.9 Å². The highest BCUT2D eigenvalue weighted by atomic mass is 127. The summed E-state index contributed by atoms with van der Waals surface area (Å²) in [6.07, 6.45) is 4.08. The van der Waals surface area contributed by atoms with E-state index in [4.69, 9.17) is 14.5 Å². The summed E-state index contributed by atoms with van der Waals surface area (Å²) < 4.78 is 14.8. The summed E-state index contributed by atoms with van der Waals surface area (Å²) in [6, 6.07) is 15.4. The second kappa shape index (κ2) is 13.2. The number of halogens is 2. The summed E-state index contributed by atoms with van der Waals surface area (Å²) in [7, 11) is 0. The average Bonchev–Trinajstić information content (AvgIpc) is 2.91. The van der Waals surface area contributed by atoms with E-state index >= 15 is 0 Å². The summed E-state index contributed by atoms with van der Waals surface area (Å²) in [5.41, 5.74) is 1.79. The Morgan fingerprint density at radius 3 is 2.72 bits per heavy atom. The predicted molar refractivity (Wildman–Crippen MR) is 163 cm³/mol. The normalized spacial score (nSPS) is 11.3. The summed E-state index contributed by atoms with van der Waals surface area (Å²) >= 11 is 5.58. The van der Waals surface area contributed by atoms with Crippen LogP contribution in [0.5, 0.6) is 11.5 Å². The van der Waals surface area contributed by atoms with Crippen molar-refractivity contribution >= 4 is 61.3 Å². The molecule has 4 aromatic rings. The maximum Gasteiger partial charge on any atom is 0.282 e. The van der Waals surface area contributed by atoms with Crippen LogP contribution in [0.4, 0.5) is 5.69 Å². The molecule has 0 aliphatic carbocycles. The van der Waals surface area contributed by atoms with E-state index in [2.05, 4.69) is 50.5 Å². The Bertz CT molecular complexity index is 1610. The molecular weight excluding hydrogens is 679 g/mol. The van der Waals surface area contributed by atoms with Gasteiger partial charge in [-0.1, -0.05) is 41.4 Å². The summed E-state index contributed by atoms with van der Waals surface area (Å²) in [6.45, 7) is 4.51. The van der Waals surface area contributed by atoms with Gasteiger partial charge >= 0.3 is 0 Å². The Morgan fingerprint density at radius 1 is 1.15 bits per heavy atom. The summed E-state index contributed by atoms with van der Waals surface area (Å²) in [5.74, 6) is 1.64. The molecule has 0 saturated carbocycles. The molecule has 1 heterocycles. The first-order chi connectivity index (χ1) is 18.8. The number of unbranched alkanes of at least 4 members (excludes halogenated alkanes) is 1. The van der Waals surface area contributed by atoms with Gasteiger partial charge in [0.2, 0.25) is 0 Å². The number of aromatic nitrogens is 2. The van der Waals surface area contributed by atoms with E-state index in [1.165, 1.54) is 16.8 Å². The number of nitro benzene ring substituents is 1. The Hall–Kier alpha value is -3.32. The second-order valence-corrected chi connectivity index (χ2v) is 10.7. The Kier molecular flexibility index (Phi) is 9.68. The van der Waals surface area contributed by atoms with Gasteiger partial charge in [0.25, 0.3) is 11.2 Å². The minimum atomic E-state index is -0.435. The molecule has 0 radical (unpaired) electrons. The number of benzene rings is 3. The molecule has 4 rings (SSSR count). The van der Waals surface area contributed by atoms with Crippen LogP contribution in [0, 0.1) is 13.7 Å². The summed E-state index contributed by atoms with van der Waals surface area (Å²) in [5, 5.41) is 16.1. The van der Waals surface area contributed by atoms with Crippen molar-refractivity contribution in [2.24, 2.45) is 5.10 Å². The van der Waals surface area contributed by atoms with Crippen molar-refractivity contribution in [3.8, 4) is 11.5 Å². The molecule has 0 N–H and O–H groups in total. The number of nitrogens with zero attached hydrogens (tertiary/aromatic N) is 4. The molecule has 9 nitrogen and oxygen atoms in total. The van der Waals surface area contributed by atoms with Gasteiger partial charge in [-0.25, -0.2) is 4.98 Å².